The third-order valence-corrected chi connectivity index (χ3v) is 2.89. The van der Waals surface area contributed by atoms with E-state index in [9.17, 15) is 15.0 Å². The van der Waals surface area contributed by atoms with Gasteiger partial charge in [0.1, 0.15) is 11.9 Å². The number of fused-ring (bicyclic) bond motifs is 1. The molecule has 104 valence electrons. The first-order valence-electron chi connectivity index (χ1n) is 5.90. The SMILES string of the molecule is Cc1nc2ccc(C(O)C(O)CN=[N+]=[N-])cc2c(=O)[nH]1. The fourth-order valence-corrected chi connectivity index (χ4v) is 1.90. The van der Waals surface area contributed by atoms with E-state index >= 15 is 0 Å². The second-order valence-electron chi connectivity index (χ2n) is 4.35. The summed E-state index contributed by atoms with van der Waals surface area (Å²) in [7, 11) is 0. The van der Waals surface area contributed by atoms with E-state index in [-0.39, 0.29) is 12.1 Å². The van der Waals surface area contributed by atoms with E-state index in [4.69, 9.17) is 5.53 Å². The number of aryl methyl sites for hydroxylation is 1. The highest BCUT2D eigenvalue weighted by molar-refractivity contribution is 5.78. The zero-order valence-corrected chi connectivity index (χ0v) is 10.7. The Labute approximate surface area is 113 Å². The molecule has 1 aromatic carbocycles. The van der Waals surface area contributed by atoms with Gasteiger partial charge < -0.3 is 15.2 Å². The topological polar surface area (TPSA) is 135 Å². The number of aromatic nitrogens is 2. The van der Waals surface area contributed by atoms with Crippen molar-refractivity contribution in [1.29, 1.82) is 0 Å². The molecule has 0 spiro atoms. The van der Waals surface area contributed by atoms with Crippen LogP contribution in [0.1, 0.15) is 17.5 Å². The quantitative estimate of drug-likeness (QED) is 0.434. The minimum Gasteiger partial charge on any atom is -0.390 e. The summed E-state index contributed by atoms with van der Waals surface area (Å²) in [5, 5.41) is 23.1. The van der Waals surface area contributed by atoms with Crippen LogP contribution in [0.2, 0.25) is 0 Å². The van der Waals surface area contributed by atoms with Crippen LogP contribution >= 0.6 is 0 Å². The van der Waals surface area contributed by atoms with Crippen LogP contribution in [0.15, 0.2) is 28.1 Å². The monoisotopic (exact) mass is 275 g/mol. The van der Waals surface area contributed by atoms with Crippen molar-refractivity contribution in [1.82, 2.24) is 9.97 Å². The number of rotatable bonds is 4. The van der Waals surface area contributed by atoms with Gasteiger partial charge in [-0.3, -0.25) is 4.79 Å². The van der Waals surface area contributed by atoms with Gasteiger partial charge in [-0.2, -0.15) is 0 Å². The summed E-state index contributed by atoms with van der Waals surface area (Å²) >= 11 is 0. The number of benzene rings is 1. The number of nitrogens with zero attached hydrogens (tertiary/aromatic N) is 4. The van der Waals surface area contributed by atoms with Gasteiger partial charge in [-0.15, -0.1) is 0 Å². The van der Waals surface area contributed by atoms with Gasteiger partial charge in [0, 0.05) is 4.91 Å². The average molecular weight is 275 g/mol. The van der Waals surface area contributed by atoms with Gasteiger partial charge in [-0.25, -0.2) is 4.98 Å². The van der Waals surface area contributed by atoms with Gasteiger partial charge in [0.15, 0.2) is 0 Å². The van der Waals surface area contributed by atoms with Gasteiger partial charge in [0.2, 0.25) is 0 Å². The third kappa shape index (κ3) is 2.77. The first kappa shape index (κ1) is 14.0. The van der Waals surface area contributed by atoms with E-state index in [1.54, 1.807) is 19.1 Å². The average Bonchev–Trinajstić information content (AvgIpc) is 2.43. The lowest BCUT2D eigenvalue weighted by Gasteiger charge is -2.16. The summed E-state index contributed by atoms with van der Waals surface area (Å²) in [6.07, 6.45) is -2.48. The highest BCUT2D eigenvalue weighted by Gasteiger charge is 2.18. The maximum atomic E-state index is 11.8. The Hall–Kier alpha value is -2.41. The number of aliphatic hydroxyl groups excluding tert-OH is 2. The number of nitrogens with one attached hydrogen (secondary N) is 1. The number of aromatic amines is 1. The first-order valence-corrected chi connectivity index (χ1v) is 5.90. The fourth-order valence-electron chi connectivity index (χ4n) is 1.90. The van der Waals surface area contributed by atoms with Crippen LogP contribution < -0.4 is 5.56 Å². The zero-order chi connectivity index (χ0) is 14.7. The lowest BCUT2D eigenvalue weighted by Crippen LogP contribution is -2.21. The van der Waals surface area contributed by atoms with Crippen LogP contribution in [-0.4, -0.2) is 32.8 Å². The highest BCUT2D eigenvalue weighted by Crippen LogP contribution is 2.20. The smallest absolute Gasteiger partial charge is 0.258 e. The molecule has 0 saturated heterocycles. The van der Waals surface area contributed by atoms with E-state index in [2.05, 4.69) is 20.0 Å². The lowest BCUT2D eigenvalue weighted by atomic mass is 10.0. The molecule has 8 nitrogen and oxygen atoms in total. The van der Waals surface area contributed by atoms with Crippen molar-refractivity contribution in [3.63, 3.8) is 0 Å². The molecule has 8 heteroatoms. The maximum Gasteiger partial charge on any atom is 0.258 e. The van der Waals surface area contributed by atoms with Crippen molar-refractivity contribution >= 4 is 10.9 Å². The zero-order valence-electron chi connectivity index (χ0n) is 10.7. The Morgan fingerprint density at radius 1 is 1.50 bits per heavy atom. The largest absolute Gasteiger partial charge is 0.390 e. The Bertz CT molecular complexity index is 735. The van der Waals surface area contributed by atoms with Gasteiger partial charge >= 0.3 is 0 Å². The Kier molecular flexibility index (Phi) is 3.99. The minimum atomic E-state index is -1.24. The molecule has 0 aliphatic heterocycles. The molecular weight excluding hydrogens is 262 g/mol. The summed E-state index contributed by atoms with van der Waals surface area (Å²) in [5.74, 6) is 0.499. The Morgan fingerprint density at radius 3 is 2.95 bits per heavy atom. The number of H-pyrrole nitrogens is 1. The molecule has 0 radical (unpaired) electrons. The molecule has 2 aromatic rings. The summed E-state index contributed by atoms with van der Waals surface area (Å²) in [6.45, 7) is 1.42. The second-order valence-corrected chi connectivity index (χ2v) is 4.35. The van der Waals surface area contributed by atoms with Crippen molar-refractivity contribution in [2.45, 2.75) is 19.1 Å². The molecule has 0 fully saturated rings. The Morgan fingerprint density at radius 2 is 2.25 bits per heavy atom. The summed E-state index contributed by atoms with van der Waals surface area (Å²) in [4.78, 5) is 21.1. The van der Waals surface area contributed by atoms with Crippen LogP contribution in [0.3, 0.4) is 0 Å². The standard InChI is InChI=1S/C12H13N5O3/c1-6-15-9-3-2-7(4-8(9)12(20)16-6)11(19)10(18)5-14-17-13/h2-4,10-11,18-19H,5H2,1H3,(H,15,16,20). The molecule has 0 aliphatic rings. The highest BCUT2D eigenvalue weighted by atomic mass is 16.3. The number of azide groups is 1. The van der Waals surface area contributed by atoms with Crippen molar-refractivity contribution in [2.75, 3.05) is 6.54 Å². The van der Waals surface area contributed by atoms with E-state index in [1.165, 1.54) is 6.07 Å². The van der Waals surface area contributed by atoms with Crippen LogP contribution in [0.4, 0.5) is 0 Å². The van der Waals surface area contributed by atoms with E-state index in [1.807, 2.05) is 0 Å². The molecule has 20 heavy (non-hydrogen) atoms. The molecule has 1 heterocycles. The summed E-state index contributed by atoms with van der Waals surface area (Å²) in [6, 6.07) is 4.62. The molecule has 1 aromatic heterocycles. The second kappa shape index (κ2) is 5.70. The predicted octanol–water partition coefficient (Wildman–Crippen LogP) is 0.936. The first-order chi connectivity index (χ1) is 9.52. The van der Waals surface area contributed by atoms with Gasteiger partial charge in [0.05, 0.1) is 23.6 Å². The fraction of sp³-hybridized carbons (Fsp3) is 0.333. The van der Waals surface area contributed by atoms with Gasteiger partial charge in [0.25, 0.3) is 5.56 Å². The number of aliphatic hydroxyl groups is 2. The molecule has 2 rings (SSSR count). The molecule has 2 unspecified atom stereocenters. The molecule has 0 saturated carbocycles. The lowest BCUT2D eigenvalue weighted by molar-refractivity contribution is 0.0245. The molecule has 2 atom stereocenters. The van der Waals surface area contributed by atoms with Crippen molar-refractivity contribution in [3.05, 3.63) is 50.4 Å². The maximum absolute atomic E-state index is 11.8. The third-order valence-electron chi connectivity index (χ3n) is 2.89. The molecule has 0 amide bonds. The van der Waals surface area contributed by atoms with Crippen molar-refractivity contribution in [3.8, 4) is 0 Å². The van der Waals surface area contributed by atoms with Crippen LogP contribution in [-0.2, 0) is 0 Å². The molecule has 3 N–H and O–H groups in total. The summed E-state index contributed by atoms with van der Waals surface area (Å²) in [5.41, 5.74) is 8.73. The summed E-state index contributed by atoms with van der Waals surface area (Å²) < 4.78 is 0. The van der Waals surface area contributed by atoms with E-state index < -0.39 is 12.2 Å². The van der Waals surface area contributed by atoms with Gasteiger partial charge in [-0.05, 0) is 30.2 Å². The van der Waals surface area contributed by atoms with E-state index in [0.717, 1.165) is 0 Å². The molecular formula is C12H13N5O3. The predicted molar refractivity (Wildman–Crippen MR) is 72.1 cm³/mol. The van der Waals surface area contributed by atoms with Crippen LogP contribution in [0.25, 0.3) is 21.3 Å². The van der Waals surface area contributed by atoms with Crippen LogP contribution in [0.5, 0.6) is 0 Å². The van der Waals surface area contributed by atoms with E-state index in [0.29, 0.717) is 22.3 Å². The normalized spacial score (nSPS) is 13.8. The van der Waals surface area contributed by atoms with Crippen molar-refractivity contribution in [2.24, 2.45) is 5.11 Å². The molecule has 0 aliphatic carbocycles. The van der Waals surface area contributed by atoms with Crippen molar-refractivity contribution < 1.29 is 10.2 Å². The Balaban J connectivity index is 2.41. The van der Waals surface area contributed by atoms with Gasteiger partial charge in [-0.1, -0.05) is 11.2 Å². The number of hydrogen-bond donors (Lipinski definition) is 3. The van der Waals surface area contributed by atoms with Crippen LogP contribution in [0, 0.1) is 6.92 Å². The molecule has 0 bridgehead atoms. The minimum absolute atomic E-state index is 0.252. The number of hydrogen-bond acceptors (Lipinski definition) is 5.